The summed E-state index contributed by atoms with van der Waals surface area (Å²) in [5.74, 6) is 0.165. The Morgan fingerprint density at radius 3 is 1.56 bits per heavy atom. The minimum Gasteiger partial charge on any atom is -0.275 e. The third-order valence-electron chi connectivity index (χ3n) is 13.5. The van der Waals surface area contributed by atoms with Crippen molar-refractivity contribution in [2.75, 3.05) is 0 Å². The van der Waals surface area contributed by atoms with E-state index in [-0.39, 0.29) is 12.0 Å². The standard InChI is InChI=1S/C59H39N3/c1-2-14-36(15-3-1)51-34-32-39-30-31-40-33-35-52(61-58(40)57(39)60-51)54-46-21-9-7-19-44(46)53(45-20-8-10-22-47(45)54)37-26-28-38(29-27-37)56-50-25-13-11-23-48(50)55-43-18-6-4-16-41(43)42-17-5-12-24-49(42)59(55)62-56/h1-2,4-14,16-35,55,59H,3,15H2. The maximum absolute atomic E-state index is 5.67. The minimum absolute atomic E-state index is 0.00245. The van der Waals surface area contributed by atoms with Gasteiger partial charge in [0, 0.05) is 33.4 Å². The number of fused-ring (bicyclic) bond motifs is 13. The molecule has 3 heterocycles. The number of hydrogen-bond donors (Lipinski definition) is 0. The zero-order valence-electron chi connectivity index (χ0n) is 34.0. The summed E-state index contributed by atoms with van der Waals surface area (Å²) in [6.45, 7) is 0. The largest absolute Gasteiger partial charge is 0.275 e. The number of allylic oxidation sites excluding steroid dienone is 4. The number of rotatable bonds is 4. The van der Waals surface area contributed by atoms with Gasteiger partial charge in [-0.05, 0) is 91.0 Å². The van der Waals surface area contributed by atoms with Gasteiger partial charge < -0.3 is 0 Å². The first-order chi connectivity index (χ1) is 30.8. The lowest BCUT2D eigenvalue weighted by Gasteiger charge is -2.38. The Bertz CT molecular complexity index is 3530. The third-order valence-corrected chi connectivity index (χ3v) is 13.5. The smallest absolute Gasteiger partial charge is 0.0972 e. The summed E-state index contributed by atoms with van der Waals surface area (Å²) in [6.07, 6.45) is 8.60. The molecule has 0 saturated heterocycles. The maximum atomic E-state index is 5.67. The SMILES string of the molecule is C1=CCCC(c2ccc3ccc4ccc(-c5c6ccccc6c(-c6ccc(C7=NC8c9ccccc9-c9ccccc9C8c8ccccc87)cc6)c6ccccc56)nc4c3n2)=C1. The highest BCUT2D eigenvalue weighted by atomic mass is 14.8. The number of pyridine rings is 2. The molecule has 1 aliphatic heterocycles. The highest BCUT2D eigenvalue weighted by Crippen LogP contribution is 2.53. The molecule has 2 aliphatic carbocycles. The fourth-order valence-corrected chi connectivity index (χ4v) is 10.7. The average molecular weight is 790 g/mol. The monoisotopic (exact) mass is 789 g/mol. The van der Waals surface area contributed by atoms with Crippen LogP contribution >= 0.6 is 0 Å². The van der Waals surface area contributed by atoms with E-state index in [9.17, 15) is 0 Å². The molecule has 0 amide bonds. The predicted octanol–water partition coefficient (Wildman–Crippen LogP) is 14.9. The minimum atomic E-state index is -0.00245. The molecule has 0 saturated carbocycles. The molecule has 62 heavy (non-hydrogen) atoms. The Morgan fingerprint density at radius 2 is 0.919 bits per heavy atom. The first-order valence-electron chi connectivity index (χ1n) is 21.7. The highest BCUT2D eigenvalue weighted by Gasteiger charge is 2.39. The molecule has 2 aromatic heterocycles. The van der Waals surface area contributed by atoms with Crippen molar-refractivity contribution in [2.24, 2.45) is 4.99 Å². The first kappa shape index (κ1) is 35.0. The van der Waals surface area contributed by atoms with Crippen molar-refractivity contribution in [1.29, 1.82) is 0 Å². The van der Waals surface area contributed by atoms with Crippen LogP contribution in [0.2, 0.25) is 0 Å². The summed E-state index contributed by atoms with van der Waals surface area (Å²) in [4.78, 5) is 16.4. The van der Waals surface area contributed by atoms with E-state index in [4.69, 9.17) is 15.0 Å². The highest BCUT2D eigenvalue weighted by molar-refractivity contribution is 6.22. The molecule has 290 valence electrons. The summed E-state index contributed by atoms with van der Waals surface area (Å²) < 4.78 is 0. The van der Waals surface area contributed by atoms with Crippen LogP contribution in [0.3, 0.4) is 0 Å². The Hall–Kier alpha value is -7.75. The van der Waals surface area contributed by atoms with Gasteiger partial charge in [-0.25, -0.2) is 9.97 Å². The van der Waals surface area contributed by atoms with E-state index < -0.39 is 0 Å². The van der Waals surface area contributed by atoms with E-state index >= 15 is 0 Å². The predicted molar refractivity (Wildman–Crippen MR) is 258 cm³/mol. The lowest BCUT2D eigenvalue weighted by Crippen LogP contribution is -2.26. The summed E-state index contributed by atoms with van der Waals surface area (Å²) in [5.41, 5.74) is 18.6. The number of nitrogens with zero attached hydrogens (tertiary/aromatic N) is 3. The lowest BCUT2D eigenvalue weighted by atomic mass is 9.69. The Balaban J connectivity index is 0.955. The molecule has 0 radical (unpaired) electrons. The average Bonchev–Trinajstić information content (AvgIpc) is 3.35. The van der Waals surface area contributed by atoms with Crippen molar-refractivity contribution < 1.29 is 0 Å². The molecule has 0 fully saturated rings. The molecule has 3 heteroatoms. The van der Waals surface area contributed by atoms with Crippen LogP contribution in [0.15, 0.2) is 205 Å². The molecule has 2 atom stereocenters. The van der Waals surface area contributed by atoms with Crippen molar-refractivity contribution in [2.45, 2.75) is 24.8 Å². The molecule has 10 aromatic rings. The van der Waals surface area contributed by atoms with Crippen molar-refractivity contribution in [1.82, 2.24) is 9.97 Å². The normalized spacial score (nSPS) is 16.4. The topological polar surface area (TPSA) is 38.1 Å². The first-order valence-corrected chi connectivity index (χ1v) is 21.7. The lowest BCUT2D eigenvalue weighted by molar-refractivity contribution is 0.614. The van der Waals surface area contributed by atoms with Crippen LogP contribution in [0.5, 0.6) is 0 Å². The third kappa shape index (κ3) is 5.34. The Kier molecular flexibility index (Phi) is 7.86. The number of aromatic nitrogens is 2. The zero-order valence-corrected chi connectivity index (χ0v) is 34.0. The van der Waals surface area contributed by atoms with Gasteiger partial charge in [0.05, 0.1) is 34.2 Å². The Labute approximate surface area is 360 Å². The fraction of sp³-hybridized carbons (Fsp3) is 0.0678. The van der Waals surface area contributed by atoms with Crippen LogP contribution in [0, 0.1) is 0 Å². The summed E-state index contributed by atoms with van der Waals surface area (Å²) >= 11 is 0. The molecule has 13 rings (SSSR count). The molecule has 0 N–H and O–H groups in total. The zero-order chi connectivity index (χ0) is 40.7. The molecule has 8 aromatic carbocycles. The van der Waals surface area contributed by atoms with Gasteiger partial charge in [-0.1, -0.05) is 188 Å². The van der Waals surface area contributed by atoms with E-state index in [0.717, 1.165) is 62.9 Å². The quantitative estimate of drug-likeness (QED) is 0.132. The van der Waals surface area contributed by atoms with E-state index in [1.54, 1.807) is 0 Å². The van der Waals surface area contributed by atoms with Crippen LogP contribution in [0.1, 0.15) is 58.3 Å². The van der Waals surface area contributed by atoms with E-state index in [2.05, 4.69) is 200 Å². The van der Waals surface area contributed by atoms with Gasteiger partial charge in [-0.15, -0.1) is 0 Å². The molecular formula is C59H39N3. The Morgan fingerprint density at radius 1 is 0.419 bits per heavy atom. The van der Waals surface area contributed by atoms with E-state index in [1.165, 1.54) is 71.6 Å². The van der Waals surface area contributed by atoms with Gasteiger partial charge in [-0.2, -0.15) is 0 Å². The van der Waals surface area contributed by atoms with Crippen LogP contribution < -0.4 is 0 Å². The van der Waals surface area contributed by atoms with Gasteiger partial charge in [-0.3, -0.25) is 4.99 Å². The van der Waals surface area contributed by atoms with Crippen LogP contribution in [0.4, 0.5) is 0 Å². The molecular weight excluding hydrogens is 751 g/mol. The van der Waals surface area contributed by atoms with Gasteiger partial charge >= 0.3 is 0 Å². The van der Waals surface area contributed by atoms with Crippen molar-refractivity contribution >= 4 is 54.6 Å². The van der Waals surface area contributed by atoms with Crippen molar-refractivity contribution in [3.8, 4) is 33.5 Å². The summed E-state index contributed by atoms with van der Waals surface area (Å²) in [6, 6.07) is 66.5. The second-order valence-corrected chi connectivity index (χ2v) is 16.8. The number of hydrogen-bond acceptors (Lipinski definition) is 3. The molecule has 0 bridgehead atoms. The molecule has 3 nitrogen and oxygen atoms in total. The summed E-state index contributed by atoms with van der Waals surface area (Å²) in [7, 11) is 0. The van der Waals surface area contributed by atoms with Crippen molar-refractivity contribution in [3.63, 3.8) is 0 Å². The molecule has 3 aliphatic rings. The van der Waals surface area contributed by atoms with Crippen LogP contribution in [-0.4, -0.2) is 15.7 Å². The summed E-state index contributed by atoms with van der Waals surface area (Å²) in [5, 5.41) is 6.95. The fourth-order valence-electron chi connectivity index (χ4n) is 10.7. The molecule has 2 unspecified atom stereocenters. The maximum Gasteiger partial charge on any atom is 0.0972 e. The van der Waals surface area contributed by atoms with Crippen LogP contribution in [-0.2, 0) is 0 Å². The molecule has 0 spiro atoms. The van der Waals surface area contributed by atoms with Gasteiger partial charge in [0.2, 0.25) is 0 Å². The number of aliphatic imine (C=N–C) groups is 1. The van der Waals surface area contributed by atoms with E-state index in [0.29, 0.717) is 0 Å². The second-order valence-electron chi connectivity index (χ2n) is 16.8. The second kappa shape index (κ2) is 13.9. The van der Waals surface area contributed by atoms with Gasteiger partial charge in [0.1, 0.15) is 0 Å². The van der Waals surface area contributed by atoms with Crippen LogP contribution in [0.25, 0.3) is 82.4 Å². The number of benzene rings is 8. The van der Waals surface area contributed by atoms with Crippen molar-refractivity contribution in [3.05, 3.63) is 234 Å². The van der Waals surface area contributed by atoms with Gasteiger partial charge in [0.15, 0.2) is 0 Å². The van der Waals surface area contributed by atoms with Gasteiger partial charge in [0.25, 0.3) is 0 Å². The van der Waals surface area contributed by atoms with E-state index in [1.807, 2.05) is 0 Å².